The molecule has 0 aliphatic carbocycles. The van der Waals surface area contributed by atoms with Crippen molar-refractivity contribution in [3.63, 3.8) is 0 Å². The molecule has 2 N–H and O–H groups in total. The Bertz CT molecular complexity index is 1150. The lowest BCUT2D eigenvalue weighted by Gasteiger charge is -2.16. The van der Waals surface area contributed by atoms with Crippen molar-refractivity contribution in [2.24, 2.45) is 0 Å². The summed E-state index contributed by atoms with van der Waals surface area (Å²) in [6, 6.07) is 11.3. The minimum atomic E-state index is -4.86. The number of amides is 1. The Labute approximate surface area is 174 Å². The normalized spacial score (nSPS) is 13.1. The van der Waals surface area contributed by atoms with E-state index >= 15 is 0 Å². The molecule has 3 aromatic rings. The van der Waals surface area contributed by atoms with Gasteiger partial charge in [-0.25, -0.2) is 8.42 Å². The predicted octanol–water partition coefficient (Wildman–Crippen LogP) is 3.53. The first kappa shape index (κ1) is 21.9. The minimum Gasteiger partial charge on any atom is -0.299 e. The number of hydrogen-bond acceptors (Lipinski definition) is 6. The minimum absolute atomic E-state index is 0.126. The van der Waals surface area contributed by atoms with Gasteiger partial charge in [0, 0.05) is 17.1 Å². The molecule has 0 bridgehead atoms. The smallest absolute Gasteiger partial charge is 0.299 e. The molecule has 1 atom stereocenters. The maximum Gasteiger partial charge on any atom is 0.417 e. The summed E-state index contributed by atoms with van der Waals surface area (Å²) in [4.78, 5) is 15.5. The van der Waals surface area contributed by atoms with Crippen LogP contribution < -0.4 is 10.0 Å². The highest BCUT2D eigenvalue weighted by Gasteiger charge is 2.37. The van der Waals surface area contributed by atoms with Gasteiger partial charge in [-0.15, -0.1) is 0 Å². The number of carbonyl (C=O) groups excluding carboxylic acids is 1. The summed E-state index contributed by atoms with van der Waals surface area (Å²) < 4.78 is 70.3. The zero-order valence-electron chi connectivity index (χ0n) is 15.3. The Kier molecular flexibility index (Phi) is 6.19. The maximum atomic E-state index is 13.1. The molecule has 7 nitrogen and oxygen atoms in total. The number of nitrogens with one attached hydrogen (secondary N) is 2. The molecule has 158 valence electrons. The fourth-order valence-electron chi connectivity index (χ4n) is 2.48. The van der Waals surface area contributed by atoms with Crippen molar-refractivity contribution in [2.45, 2.75) is 24.0 Å². The number of alkyl halides is 3. The van der Waals surface area contributed by atoms with Crippen LogP contribution in [0.25, 0.3) is 11.4 Å². The maximum absolute atomic E-state index is 13.1. The van der Waals surface area contributed by atoms with Crippen LogP contribution in [0.2, 0.25) is 0 Å². The van der Waals surface area contributed by atoms with E-state index < -0.39 is 38.6 Å². The van der Waals surface area contributed by atoms with E-state index in [-0.39, 0.29) is 5.13 Å². The van der Waals surface area contributed by atoms with Crippen LogP contribution in [0.5, 0.6) is 0 Å². The van der Waals surface area contributed by atoms with Crippen LogP contribution in [-0.4, -0.2) is 29.7 Å². The van der Waals surface area contributed by atoms with E-state index in [9.17, 15) is 26.4 Å². The van der Waals surface area contributed by atoms with Gasteiger partial charge in [0.05, 0.1) is 16.5 Å². The van der Waals surface area contributed by atoms with Crippen molar-refractivity contribution in [2.75, 3.05) is 5.32 Å². The summed E-state index contributed by atoms with van der Waals surface area (Å²) in [6.07, 6.45) is -4.86. The first-order chi connectivity index (χ1) is 14.1. The molecule has 0 unspecified atom stereocenters. The van der Waals surface area contributed by atoms with E-state index in [0.717, 1.165) is 29.2 Å². The second-order valence-corrected chi connectivity index (χ2v) is 8.55. The van der Waals surface area contributed by atoms with Crippen molar-refractivity contribution in [3.8, 4) is 11.4 Å². The fraction of sp³-hybridized carbons (Fsp3) is 0.167. The molecule has 1 amide bonds. The largest absolute Gasteiger partial charge is 0.417 e. The number of carbonyl (C=O) groups is 1. The highest BCUT2D eigenvalue weighted by molar-refractivity contribution is 7.89. The average molecular weight is 456 g/mol. The molecular weight excluding hydrogens is 441 g/mol. The van der Waals surface area contributed by atoms with Gasteiger partial charge >= 0.3 is 6.18 Å². The van der Waals surface area contributed by atoms with E-state index in [1.807, 2.05) is 10.8 Å². The first-order valence-electron chi connectivity index (χ1n) is 8.46. The van der Waals surface area contributed by atoms with Crippen molar-refractivity contribution < 1.29 is 26.4 Å². The molecule has 2 aromatic carbocycles. The molecule has 0 aliphatic heterocycles. The van der Waals surface area contributed by atoms with E-state index in [4.69, 9.17) is 0 Å². The van der Waals surface area contributed by atoms with E-state index in [1.54, 1.807) is 24.3 Å². The van der Waals surface area contributed by atoms with Crippen LogP contribution >= 0.6 is 11.5 Å². The van der Waals surface area contributed by atoms with Gasteiger partial charge in [0.2, 0.25) is 21.1 Å². The number of sulfonamides is 1. The lowest BCUT2D eigenvalue weighted by Crippen LogP contribution is -2.42. The highest BCUT2D eigenvalue weighted by Crippen LogP contribution is 2.34. The molecule has 0 saturated carbocycles. The fourth-order valence-corrected chi connectivity index (χ4v) is 4.50. The lowest BCUT2D eigenvalue weighted by molar-refractivity contribution is -0.139. The first-order valence-corrected chi connectivity index (χ1v) is 10.7. The predicted molar refractivity (Wildman–Crippen MR) is 105 cm³/mol. The van der Waals surface area contributed by atoms with Crippen LogP contribution in [0, 0.1) is 0 Å². The third kappa shape index (κ3) is 5.01. The van der Waals surface area contributed by atoms with E-state index in [2.05, 4.69) is 14.7 Å². The van der Waals surface area contributed by atoms with Gasteiger partial charge in [-0.1, -0.05) is 42.5 Å². The van der Waals surface area contributed by atoms with Crippen molar-refractivity contribution in [3.05, 3.63) is 60.2 Å². The quantitative estimate of drug-likeness (QED) is 0.591. The highest BCUT2D eigenvalue weighted by atomic mass is 32.2. The summed E-state index contributed by atoms with van der Waals surface area (Å²) in [5.41, 5.74) is -0.589. The number of aromatic nitrogens is 2. The molecule has 12 heteroatoms. The van der Waals surface area contributed by atoms with Gasteiger partial charge in [0.25, 0.3) is 0 Å². The average Bonchev–Trinajstić information content (AvgIpc) is 3.16. The zero-order valence-corrected chi connectivity index (χ0v) is 17.0. The molecule has 1 heterocycles. The second-order valence-electron chi connectivity index (χ2n) is 6.12. The van der Waals surface area contributed by atoms with Crippen molar-refractivity contribution >= 4 is 32.6 Å². The van der Waals surface area contributed by atoms with E-state index in [0.29, 0.717) is 11.9 Å². The summed E-state index contributed by atoms with van der Waals surface area (Å²) >= 11 is 0.891. The van der Waals surface area contributed by atoms with Gasteiger partial charge in [-0.3, -0.25) is 10.1 Å². The SMILES string of the molecule is C[C@H](NS(=O)(=O)c1ccccc1C(F)(F)F)C(=O)Nc1nc(-c2ccccc2)ns1. The Morgan fingerprint density at radius 1 is 1.07 bits per heavy atom. The molecule has 0 saturated heterocycles. The Morgan fingerprint density at radius 2 is 1.70 bits per heavy atom. The lowest BCUT2D eigenvalue weighted by atomic mass is 10.2. The van der Waals surface area contributed by atoms with Crippen LogP contribution in [0.4, 0.5) is 18.3 Å². The molecule has 0 radical (unpaired) electrons. The molecule has 0 aliphatic rings. The number of nitrogens with zero attached hydrogens (tertiary/aromatic N) is 2. The molecule has 3 rings (SSSR count). The summed E-state index contributed by atoms with van der Waals surface area (Å²) in [5.74, 6) is -0.415. The monoisotopic (exact) mass is 456 g/mol. The van der Waals surface area contributed by atoms with Crippen LogP contribution in [0.3, 0.4) is 0 Å². The van der Waals surface area contributed by atoms with Crippen LogP contribution in [0.1, 0.15) is 12.5 Å². The number of anilines is 1. The summed E-state index contributed by atoms with van der Waals surface area (Å²) in [6.45, 7) is 1.21. The Morgan fingerprint density at radius 3 is 2.37 bits per heavy atom. The Balaban J connectivity index is 1.73. The molecular formula is C18H15F3N4O3S2. The molecule has 30 heavy (non-hydrogen) atoms. The topological polar surface area (TPSA) is 101 Å². The third-order valence-electron chi connectivity index (χ3n) is 3.90. The van der Waals surface area contributed by atoms with E-state index in [1.165, 1.54) is 13.0 Å². The molecule has 0 fully saturated rings. The zero-order chi connectivity index (χ0) is 21.9. The number of rotatable bonds is 6. The van der Waals surface area contributed by atoms with Crippen molar-refractivity contribution in [1.29, 1.82) is 0 Å². The third-order valence-corrected chi connectivity index (χ3v) is 6.12. The van der Waals surface area contributed by atoms with Crippen molar-refractivity contribution in [1.82, 2.24) is 14.1 Å². The van der Waals surface area contributed by atoms with Crippen LogP contribution in [-0.2, 0) is 21.0 Å². The van der Waals surface area contributed by atoms with Gasteiger partial charge < -0.3 is 0 Å². The van der Waals surface area contributed by atoms with Gasteiger partial charge in [-0.2, -0.15) is 27.3 Å². The second kappa shape index (κ2) is 8.50. The van der Waals surface area contributed by atoms with Gasteiger partial charge in [0.1, 0.15) is 0 Å². The molecule has 0 spiro atoms. The number of hydrogen-bond donors (Lipinski definition) is 2. The van der Waals surface area contributed by atoms with Gasteiger partial charge in [0.15, 0.2) is 5.82 Å². The van der Waals surface area contributed by atoms with Gasteiger partial charge in [-0.05, 0) is 19.1 Å². The molecule has 1 aromatic heterocycles. The number of benzene rings is 2. The number of halogens is 3. The standard InChI is InChI=1S/C18H15F3N4O3S2/c1-11(25-30(27,28)14-10-6-5-9-13(14)18(19,20)21)16(26)23-17-22-15(24-29-17)12-7-3-2-4-8-12/h2-11,25H,1H3,(H,22,23,24,26)/t11-/m0/s1. The summed E-state index contributed by atoms with van der Waals surface area (Å²) in [7, 11) is -4.61. The Hall–Kier alpha value is -2.83. The summed E-state index contributed by atoms with van der Waals surface area (Å²) in [5, 5.41) is 2.53. The van der Waals surface area contributed by atoms with Crippen LogP contribution in [0.15, 0.2) is 59.5 Å².